The van der Waals surface area contributed by atoms with Gasteiger partial charge in [0, 0.05) is 12.2 Å². The molecule has 0 aliphatic heterocycles. The molecule has 2 rings (SSSR count). The van der Waals surface area contributed by atoms with E-state index in [9.17, 15) is 8.42 Å². The van der Waals surface area contributed by atoms with Crippen molar-refractivity contribution in [3.05, 3.63) is 28.3 Å². The predicted octanol–water partition coefficient (Wildman–Crippen LogP) is 3.09. The Hall–Kier alpha value is -0.860. The molecule has 0 radical (unpaired) electrons. The van der Waals surface area contributed by atoms with Crippen molar-refractivity contribution in [3.63, 3.8) is 0 Å². The third-order valence-corrected chi connectivity index (χ3v) is 5.69. The quantitative estimate of drug-likeness (QED) is 0.922. The Morgan fingerprint density at radius 1 is 1.44 bits per heavy atom. The highest BCUT2D eigenvalue weighted by Crippen LogP contribution is 2.27. The predicted molar refractivity (Wildman–Crippen MR) is 75.4 cm³/mol. The van der Waals surface area contributed by atoms with E-state index >= 15 is 0 Å². The summed E-state index contributed by atoms with van der Waals surface area (Å²) in [6, 6.07) is 3.46. The molecular weight excluding hydrogens is 338 g/mol. The number of rotatable bonds is 4. The van der Waals surface area contributed by atoms with Crippen molar-refractivity contribution in [1.82, 2.24) is 9.78 Å². The molecule has 0 spiro atoms. The van der Waals surface area contributed by atoms with Crippen LogP contribution in [0.2, 0.25) is 0 Å². The van der Waals surface area contributed by atoms with E-state index in [1.54, 1.807) is 23.0 Å². The Morgan fingerprint density at radius 3 is 2.67 bits per heavy atom. The molecule has 0 saturated carbocycles. The van der Waals surface area contributed by atoms with Crippen molar-refractivity contribution in [2.24, 2.45) is 0 Å². The highest BCUT2D eigenvalue weighted by Gasteiger charge is 2.17. The van der Waals surface area contributed by atoms with Crippen molar-refractivity contribution >= 4 is 43.0 Å². The molecule has 0 saturated heterocycles. The fraction of sp³-hybridized carbons (Fsp3) is 0.300. The molecule has 0 bridgehead atoms. The van der Waals surface area contributed by atoms with Crippen LogP contribution in [-0.4, -0.2) is 18.2 Å². The average molecular weight is 350 g/mol. The number of hydrogen-bond donors (Lipinski definition) is 1. The summed E-state index contributed by atoms with van der Waals surface area (Å²) < 4.78 is 29.3. The van der Waals surface area contributed by atoms with Crippen LogP contribution < -0.4 is 4.72 Å². The molecule has 0 aliphatic rings. The van der Waals surface area contributed by atoms with E-state index in [4.69, 9.17) is 0 Å². The summed E-state index contributed by atoms with van der Waals surface area (Å²) >= 11 is 4.41. The van der Waals surface area contributed by atoms with Crippen molar-refractivity contribution in [2.75, 3.05) is 4.72 Å². The second-order valence-electron chi connectivity index (χ2n) is 3.97. The van der Waals surface area contributed by atoms with Crippen molar-refractivity contribution in [2.45, 2.75) is 24.1 Å². The molecule has 0 unspecified atom stereocenters. The highest BCUT2D eigenvalue weighted by molar-refractivity contribution is 9.11. The van der Waals surface area contributed by atoms with Crippen LogP contribution in [0.1, 0.15) is 19.9 Å². The van der Waals surface area contributed by atoms with E-state index in [-0.39, 0.29) is 10.3 Å². The van der Waals surface area contributed by atoms with Gasteiger partial charge in [-0.2, -0.15) is 5.10 Å². The summed E-state index contributed by atoms with van der Waals surface area (Å²) in [7, 11) is -3.52. The van der Waals surface area contributed by atoms with Crippen molar-refractivity contribution in [3.8, 4) is 0 Å². The molecular formula is C10H12BrN3O2S2. The number of halogens is 1. The van der Waals surface area contributed by atoms with Crippen molar-refractivity contribution < 1.29 is 8.42 Å². The summed E-state index contributed by atoms with van der Waals surface area (Å²) in [5.41, 5.74) is 0.466. The molecule has 0 aliphatic carbocycles. The molecule has 0 aromatic carbocycles. The van der Waals surface area contributed by atoms with Crippen LogP contribution >= 0.6 is 27.3 Å². The number of aromatic nitrogens is 2. The zero-order valence-corrected chi connectivity index (χ0v) is 13.0. The van der Waals surface area contributed by atoms with E-state index in [1.807, 2.05) is 13.8 Å². The summed E-state index contributed by atoms with van der Waals surface area (Å²) in [4.78, 5) is 0. The monoisotopic (exact) mass is 349 g/mol. The summed E-state index contributed by atoms with van der Waals surface area (Å²) in [5, 5.41) is 4.08. The third-order valence-electron chi connectivity index (χ3n) is 2.20. The zero-order chi connectivity index (χ0) is 13.3. The van der Waals surface area contributed by atoms with Gasteiger partial charge < -0.3 is 0 Å². The molecule has 5 nitrogen and oxygen atoms in total. The van der Waals surface area contributed by atoms with E-state index in [2.05, 4.69) is 25.8 Å². The first-order chi connectivity index (χ1) is 8.38. The molecule has 2 aromatic rings. The van der Waals surface area contributed by atoms with Gasteiger partial charge in [0.05, 0.1) is 15.7 Å². The van der Waals surface area contributed by atoms with Gasteiger partial charge in [-0.15, -0.1) is 11.3 Å². The van der Waals surface area contributed by atoms with Gasteiger partial charge in [0.25, 0.3) is 10.0 Å². The van der Waals surface area contributed by atoms with Gasteiger partial charge in [-0.3, -0.25) is 9.40 Å². The minimum Gasteiger partial charge on any atom is -0.276 e. The normalized spacial score (nSPS) is 12.0. The average Bonchev–Trinajstić information content (AvgIpc) is 2.86. The topological polar surface area (TPSA) is 64.0 Å². The maximum Gasteiger partial charge on any atom is 0.271 e. The van der Waals surface area contributed by atoms with E-state index in [0.29, 0.717) is 5.69 Å². The van der Waals surface area contributed by atoms with Gasteiger partial charge in [-0.25, -0.2) is 8.42 Å². The van der Waals surface area contributed by atoms with Gasteiger partial charge >= 0.3 is 0 Å². The van der Waals surface area contributed by atoms with E-state index in [0.717, 1.165) is 3.79 Å². The molecule has 8 heteroatoms. The van der Waals surface area contributed by atoms with Gasteiger partial charge in [-0.1, -0.05) is 0 Å². The molecule has 1 N–H and O–H groups in total. The van der Waals surface area contributed by atoms with E-state index in [1.165, 1.54) is 17.5 Å². The lowest BCUT2D eigenvalue weighted by molar-refractivity contribution is 0.532. The number of nitrogens with zero attached hydrogens (tertiary/aromatic N) is 2. The van der Waals surface area contributed by atoms with Crippen LogP contribution in [0.5, 0.6) is 0 Å². The van der Waals surface area contributed by atoms with Crippen LogP contribution in [-0.2, 0) is 10.0 Å². The molecule has 0 amide bonds. The number of thiophene rings is 1. The third kappa shape index (κ3) is 2.93. The zero-order valence-electron chi connectivity index (χ0n) is 9.79. The second-order valence-corrected chi connectivity index (χ2v) is 8.34. The highest BCUT2D eigenvalue weighted by atomic mass is 79.9. The molecule has 98 valence electrons. The number of hydrogen-bond acceptors (Lipinski definition) is 4. The lowest BCUT2D eigenvalue weighted by Gasteiger charge is -2.04. The van der Waals surface area contributed by atoms with Crippen LogP contribution in [0.4, 0.5) is 5.69 Å². The van der Waals surface area contributed by atoms with Crippen molar-refractivity contribution in [1.29, 1.82) is 0 Å². The summed E-state index contributed by atoms with van der Waals surface area (Å²) in [5.74, 6) is 0. The number of anilines is 1. The summed E-state index contributed by atoms with van der Waals surface area (Å²) in [6.07, 6.45) is 3.17. The van der Waals surface area contributed by atoms with Crippen LogP contribution in [0.15, 0.2) is 32.5 Å². The second kappa shape index (κ2) is 5.02. The fourth-order valence-corrected chi connectivity index (χ4v) is 4.36. The maximum atomic E-state index is 12.0. The molecule has 18 heavy (non-hydrogen) atoms. The van der Waals surface area contributed by atoms with Gasteiger partial charge in [0.2, 0.25) is 0 Å². The first-order valence-corrected chi connectivity index (χ1v) is 8.30. The lowest BCUT2D eigenvalue weighted by Crippen LogP contribution is -2.10. The molecule has 2 aromatic heterocycles. The minimum absolute atomic E-state index is 0.194. The Balaban J connectivity index is 2.22. The van der Waals surface area contributed by atoms with Crippen LogP contribution in [0, 0.1) is 0 Å². The SMILES string of the molecule is CC(C)n1cc(NS(=O)(=O)c2ccc(Br)s2)cn1. The molecule has 0 atom stereocenters. The first-order valence-electron chi connectivity index (χ1n) is 5.21. The van der Waals surface area contributed by atoms with Gasteiger partial charge in [0.1, 0.15) is 4.21 Å². The Kier molecular flexibility index (Phi) is 3.79. The Morgan fingerprint density at radius 2 is 2.17 bits per heavy atom. The fourth-order valence-electron chi connectivity index (χ4n) is 1.32. The standard InChI is InChI=1S/C10H12BrN3O2S2/c1-7(2)14-6-8(5-12-14)13-18(15,16)10-4-3-9(11)17-10/h3-7,13H,1-2H3. The van der Waals surface area contributed by atoms with E-state index < -0.39 is 10.0 Å². The Labute approximate surface area is 118 Å². The largest absolute Gasteiger partial charge is 0.276 e. The maximum absolute atomic E-state index is 12.0. The number of sulfonamides is 1. The molecule has 2 heterocycles. The van der Waals surface area contributed by atoms with Crippen LogP contribution in [0.25, 0.3) is 0 Å². The van der Waals surface area contributed by atoms with Crippen LogP contribution in [0.3, 0.4) is 0 Å². The van der Waals surface area contributed by atoms with Gasteiger partial charge in [-0.05, 0) is 41.9 Å². The Bertz CT molecular complexity index is 646. The number of nitrogens with one attached hydrogen (secondary N) is 1. The summed E-state index contributed by atoms with van der Waals surface area (Å²) in [6.45, 7) is 3.95. The minimum atomic E-state index is -3.52. The van der Waals surface area contributed by atoms with Gasteiger partial charge in [0.15, 0.2) is 0 Å². The lowest BCUT2D eigenvalue weighted by atomic mass is 10.4. The molecule has 0 fully saturated rings. The first kappa shape index (κ1) is 13.6. The smallest absolute Gasteiger partial charge is 0.271 e.